The molecule has 24 heavy (non-hydrogen) atoms. The molecular formula is C18H24N6. The van der Waals surface area contributed by atoms with Gasteiger partial charge in [0.1, 0.15) is 5.82 Å². The predicted octanol–water partition coefficient (Wildman–Crippen LogP) is 3.71. The monoisotopic (exact) mass is 324 g/mol. The summed E-state index contributed by atoms with van der Waals surface area (Å²) >= 11 is 0. The van der Waals surface area contributed by atoms with Crippen molar-refractivity contribution in [3.8, 4) is 5.82 Å². The quantitative estimate of drug-likeness (QED) is 0.717. The highest BCUT2D eigenvalue weighted by molar-refractivity contribution is 5.24. The van der Waals surface area contributed by atoms with E-state index in [1.165, 1.54) is 0 Å². The molecule has 0 aromatic carbocycles. The van der Waals surface area contributed by atoms with Gasteiger partial charge in [0.25, 0.3) is 0 Å². The molecular weight excluding hydrogens is 300 g/mol. The molecule has 0 aliphatic heterocycles. The maximum Gasteiger partial charge on any atom is 0.157 e. The van der Waals surface area contributed by atoms with Crippen LogP contribution >= 0.6 is 0 Å². The van der Waals surface area contributed by atoms with Gasteiger partial charge in [-0.05, 0) is 19.1 Å². The van der Waals surface area contributed by atoms with Crippen LogP contribution in [0.4, 0.5) is 0 Å². The zero-order chi connectivity index (χ0) is 17.3. The number of aromatic nitrogens is 6. The molecule has 0 fully saturated rings. The third kappa shape index (κ3) is 2.96. The van der Waals surface area contributed by atoms with Gasteiger partial charge in [-0.15, -0.1) is 5.10 Å². The molecule has 6 nitrogen and oxygen atoms in total. The lowest BCUT2D eigenvalue weighted by Crippen LogP contribution is -2.16. The molecule has 0 bridgehead atoms. The fourth-order valence-corrected chi connectivity index (χ4v) is 2.73. The summed E-state index contributed by atoms with van der Waals surface area (Å²) in [5.41, 5.74) is 0. The number of imidazole rings is 1. The molecule has 126 valence electrons. The van der Waals surface area contributed by atoms with Crippen LogP contribution in [0.5, 0.6) is 0 Å². The summed E-state index contributed by atoms with van der Waals surface area (Å²) in [7, 11) is 0. The predicted molar refractivity (Wildman–Crippen MR) is 93.4 cm³/mol. The van der Waals surface area contributed by atoms with Crippen molar-refractivity contribution in [2.24, 2.45) is 0 Å². The highest BCUT2D eigenvalue weighted by atomic mass is 15.4. The van der Waals surface area contributed by atoms with Crippen molar-refractivity contribution in [1.29, 1.82) is 0 Å². The lowest BCUT2D eigenvalue weighted by Gasteiger charge is -2.18. The van der Waals surface area contributed by atoms with Crippen molar-refractivity contribution in [2.45, 2.75) is 52.5 Å². The second-order valence-corrected chi connectivity index (χ2v) is 6.61. The van der Waals surface area contributed by atoms with E-state index in [0.717, 1.165) is 23.3 Å². The molecule has 0 amide bonds. The van der Waals surface area contributed by atoms with Crippen molar-refractivity contribution >= 4 is 0 Å². The third-order valence-corrected chi connectivity index (χ3v) is 4.04. The van der Waals surface area contributed by atoms with E-state index in [0.29, 0.717) is 5.92 Å². The van der Waals surface area contributed by atoms with Crippen molar-refractivity contribution in [2.75, 3.05) is 0 Å². The second-order valence-electron chi connectivity index (χ2n) is 6.61. The van der Waals surface area contributed by atoms with Crippen LogP contribution in [-0.4, -0.2) is 29.3 Å². The SMILES string of the molecule is CC(C)c1nc(C(C)n2ccnc2C(C)C)n(-c2ccccn2)n1. The molecule has 3 aromatic rings. The zero-order valence-corrected chi connectivity index (χ0v) is 14.9. The van der Waals surface area contributed by atoms with Crippen molar-refractivity contribution in [1.82, 2.24) is 29.3 Å². The molecule has 0 N–H and O–H groups in total. The fraction of sp³-hybridized carbons (Fsp3) is 0.444. The van der Waals surface area contributed by atoms with Crippen molar-refractivity contribution < 1.29 is 0 Å². The molecule has 0 spiro atoms. The molecule has 3 aromatic heterocycles. The van der Waals surface area contributed by atoms with Crippen LogP contribution in [0, 0.1) is 0 Å². The molecule has 0 radical (unpaired) electrons. The molecule has 6 heteroatoms. The Bertz CT molecular complexity index is 800. The van der Waals surface area contributed by atoms with E-state index in [9.17, 15) is 0 Å². The van der Waals surface area contributed by atoms with Gasteiger partial charge in [0.05, 0.1) is 6.04 Å². The first kappa shape index (κ1) is 16.4. The van der Waals surface area contributed by atoms with Crippen LogP contribution in [0.15, 0.2) is 36.8 Å². The Morgan fingerprint density at radius 2 is 1.67 bits per heavy atom. The Morgan fingerprint density at radius 3 is 2.29 bits per heavy atom. The van der Waals surface area contributed by atoms with Gasteiger partial charge in [0, 0.05) is 30.4 Å². The topological polar surface area (TPSA) is 61.4 Å². The Labute approximate surface area is 142 Å². The lowest BCUT2D eigenvalue weighted by molar-refractivity contribution is 0.537. The Balaban J connectivity index is 2.11. The summed E-state index contributed by atoms with van der Waals surface area (Å²) in [4.78, 5) is 13.7. The van der Waals surface area contributed by atoms with Gasteiger partial charge in [-0.3, -0.25) is 0 Å². The lowest BCUT2D eigenvalue weighted by atomic mass is 10.2. The fourth-order valence-electron chi connectivity index (χ4n) is 2.73. The van der Waals surface area contributed by atoms with Crippen molar-refractivity contribution in [3.05, 3.63) is 54.3 Å². The number of nitrogens with zero attached hydrogens (tertiary/aromatic N) is 6. The standard InChI is InChI=1S/C18H24N6/c1-12(2)16-21-18(24(22-16)15-8-6-7-9-19-15)14(5)23-11-10-20-17(23)13(3)4/h6-14H,1-5H3. The van der Waals surface area contributed by atoms with E-state index in [1.54, 1.807) is 6.20 Å². The minimum Gasteiger partial charge on any atom is -0.324 e. The summed E-state index contributed by atoms with van der Waals surface area (Å²) < 4.78 is 4.02. The zero-order valence-electron chi connectivity index (χ0n) is 14.9. The van der Waals surface area contributed by atoms with Gasteiger partial charge in [-0.1, -0.05) is 33.8 Å². The summed E-state index contributed by atoms with van der Waals surface area (Å²) in [6.45, 7) is 10.6. The highest BCUT2D eigenvalue weighted by Crippen LogP contribution is 2.25. The van der Waals surface area contributed by atoms with Crippen LogP contribution < -0.4 is 0 Å². The van der Waals surface area contributed by atoms with Gasteiger partial charge in [0.15, 0.2) is 17.5 Å². The maximum atomic E-state index is 4.81. The van der Waals surface area contributed by atoms with E-state index in [1.807, 2.05) is 35.3 Å². The Hall–Kier alpha value is -2.50. The smallest absolute Gasteiger partial charge is 0.157 e. The normalized spacial score (nSPS) is 13.0. The Kier molecular flexibility index (Phi) is 4.46. The largest absolute Gasteiger partial charge is 0.324 e. The number of hydrogen-bond donors (Lipinski definition) is 0. The first-order valence-electron chi connectivity index (χ1n) is 8.40. The van der Waals surface area contributed by atoms with E-state index < -0.39 is 0 Å². The summed E-state index contributed by atoms with van der Waals surface area (Å²) in [6.07, 6.45) is 5.63. The van der Waals surface area contributed by atoms with E-state index in [-0.39, 0.29) is 12.0 Å². The molecule has 0 aliphatic rings. The minimum absolute atomic E-state index is 0.0203. The van der Waals surface area contributed by atoms with Gasteiger partial charge >= 0.3 is 0 Å². The minimum atomic E-state index is 0.0203. The summed E-state index contributed by atoms with van der Waals surface area (Å²) in [6, 6.07) is 5.84. The maximum absolute atomic E-state index is 4.81. The number of pyridine rings is 1. The van der Waals surface area contributed by atoms with Crippen LogP contribution in [0.3, 0.4) is 0 Å². The van der Waals surface area contributed by atoms with Gasteiger partial charge in [-0.25, -0.2) is 15.0 Å². The van der Waals surface area contributed by atoms with Crippen LogP contribution in [0.2, 0.25) is 0 Å². The summed E-state index contributed by atoms with van der Waals surface area (Å²) in [5, 5.41) is 4.69. The van der Waals surface area contributed by atoms with Gasteiger partial charge in [0.2, 0.25) is 0 Å². The van der Waals surface area contributed by atoms with Gasteiger partial charge < -0.3 is 4.57 Å². The summed E-state index contributed by atoms with van der Waals surface area (Å²) in [5.74, 6) is 4.13. The molecule has 0 saturated carbocycles. The average molecular weight is 324 g/mol. The second kappa shape index (κ2) is 6.55. The molecule has 3 heterocycles. The molecule has 3 rings (SSSR count). The first-order valence-corrected chi connectivity index (χ1v) is 8.40. The number of rotatable bonds is 5. The molecule has 1 unspecified atom stereocenters. The molecule has 0 aliphatic carbocycles. The van der Waals surface area contributed by atoms with E-state index in [4.69, 9.17) is 10.1 Å². The average Bonchev–Trinajstić information content (AvgIpc) is 3.22. The molecule has 0 saturated heterocycles. The van der Waals surface area contributed by atoms with Gasteiger partial charge in [-0.2, -0.15) is 4.68 Å². The van der Waals surface area contributed by atoms with Crippen LogP contribution in [-0.2, 0) is 0 Å². The highest BCUT2D eigenvalue weighted by Gasteiger charge is 2.23. The first-order chi connectivity index (χ1) is 11.5. The van der Waals surface area contributed by atoms with E-state index in [2.05, 4.69) is 49.2 Å². The van der Waals surface area contributed by atoms with E-state index >= 15 is 0 Å². The van der Waals surface area contributed by atoms with Crippen LogP contribution in [0.25, 0.3) is 5.82 Å². The number of hydrogen-bond acceptors (Lipinski definition) is 4. The Morgan fingerprint density at radius 1 is 0.875 bits per heavy atom. The molecule has 1 atom stereocenters. The third-order valence-electron chi connectivity index (χ3n) is 4.04. The van der Waals surface area contributed by atoms with Crippen molar-refractivity contribution in [3.63, 3.8) is 0 Å². The van der Waals surface area contributed by atoms with Crippen LogP contribution in [0.1, 0.15) is 70.0 Å².